The zero-order chi connectivity index (χ0) is 15.1. The number of nitrogens with one attached hydrogen (secondary N) is 2. The maximum absolute atomic E-state index is 12.0. The fraction of sp³-hybridized carbons (Fsp3) is 0.562. The van der Waals surface area contributed by atoms with Crippen molar-refractivity contribution in [3.05, 3.63) is 34.3 Å². The number of halogens is 1. The zero-order valence-electron chi connectivity index (χ0n) is 12.7. The summed E-state index contributed by atoms with van der Waals surface area (Å²) in [6.07, 6.45) is 1.01. The molecular formula is C16H25BrN2O. The highest BCUT2D eigenvalue weighted by atomic mass is 79.9. The zero-order valence-corrected chi connectivity index (χ0v) is 14.3. The molecule has 2 atom stereocenters. The first-order valence-corrected chi connectivity index (χ1v) is 7.99. The van der Waals surface area contributed by atoms with Gasteiger partial charge in [-0.25, -0.2) is 0 Å². The highest BCUT2D eigenvalue weighted by Gasteiger charge is 2.17. The minimum atomic E-state index is -0.204. The van der Waals surface area contributed by atoms with E-state index < -0.39 is 0 Å². The van der Waals surface area contributed by atoms with Gasteiger partial charge >= 0.3 is 0 Å². The van der Waals surface area contributed by atoms with Gasteiger partial charge in [-0.05, 0) is 37.8 Å². The van der Waals surface area contributed by atoms with Gasteiger partial charge in [0.1, 0.15) is 0 Å². The van der Waals surface area contributed by atoms with E-state index in [0.29, 0.717) is 5.92 Å². The fourth-order valence-electron chi connectivity index (χ4n) is 2.00. The molecule has 0 aliphatic carbocycles. The molecule has 0 saturated carbocycles. The summed E-state index contributed by atoms with van der Waals surface area (Å²) >= 11 is 3.54. The Morgan fingerprint density at radius 1 is 1.20 bits per heavy atom. The first-order valence-electron chi connectivity index (χ1n) is 7.20. The molecule has 4 heteroatoms. The van der Waals surface area contributed by atoms with Gasteiger partial charge in [-0.15, -0.1) is 0 Å². The third-order valence-corrected chi connectivity index (χ3v) is 4.01. The van der Waals surface area contributed by atoms with Gasteiger partial charge in [0.25, 0.3) is 0 Å². The number of hydrogen-bond acceptors (Lipinski definition) is 2. The van der Waals surface area contributed by atoms with E-state index in [4.69, 9.17) is 0 Å². The van der Waals surface area contributed by atoms with E-state index in [1.807, 2.05) is 25.1 Å². The van der Waals surface area contributed by atoms with Gasteiger partial charge in [-0.1, -0.05) is 48.0 Å². The number of benzene rings is 1. The topological polar surface area (TPSA) is 41.1 Å². The van der Waals surface area contributed by atoms with Gasteiger partial charge in [-0.2, -0.15) is 0 Å². The van der Waals surface area contributed by atoms with Crippen LogP contribution < -0.4 is 10.6 Å². The summed E-state index contributed by atoms with van der Waals surface area (Å²) in [7, 11) is 0. The molecule has 1 aromatic rings. The summed E-state index contributed by atoms with van der Waals surface area (Å²) in [5.41, 5.74) is 1.16. The lowest BCUT2D eigenvalue weighted by Crippen LogP contribution is -2.43. The van der Waals surface area contributed by atoms with Crippen molar-refractivity contribution in [2.24, 2.45) is 5.92 Å². The van der Waals surface area contributed by atoms with E-state index in [-0.39, 0.29) is 18.0 Å². The molecule has 0 bridgehead atoms. The van der Waals surface area contributed by atoms with Crippen LogP contribution in [0.25, 0.3) is 0 Å². The molecule has 0 aliphatic heterocycles. The molecule has 2 N–H and O–H groups in total. The Hall–Kier alpha value is -0.870. The van der Waals surface area contributed by atoms with Gasteiger partial charge in [-0.3, -0.25) is 10.1 Å². The molecule has 0 fully saturated rings. The van der Waals surface area contributed by atoms with Crippen LogP contribution in [0.5, 0.6) is 0 Å². The van der Waals surface area contributed by atoms with E-state index in [9.17, 15) is 4.79 Å². The third-order valence-electron chi connectivity index (χ3n) is 3.29. The van der Waals surface area contributed by atoms with Crippen molar-refractivity contribution in [1.29, 1.82) is 0 Å². The monoisotopic (exact) mass is 340 g/mol. The van der Waals surface area contributed by atoms with Gasteiger partial charge < -0.3 is 5.32 Å². The molecule has 1 amide bonds. The third kappa shape index (κ3) is 5.63. The van der Waals surface area contributed by atoms with E-state index in [2.05, 4.69) is 53.4 Å². The Morgan fingerprint density at radius 3 is 2.45 bits per heavy atom. The second-order valence-corrected chi connectivity index (χ2v) is 6.46. The van der Waals surface area contributed by atoms with Gasteiger partial charge in [0.2, 0.25) is 5.91 Å². The predicted octanol–water partition coefficient (Wildman–Crippen LogP) is 3.65. The highest BCUT2D eigenvalue weighted by Crippen LogP contribution is 2.22. The van der Waals surface area contributed by atoms with Crippen molar-refractivity contribution in [3.63, 3.8) is 0 Å². The summed E-state index contributed by atoms with van der Waals surface area (Å²) in [5.74, 6) is 0.669. The largest absolute Gasteiger partial charge is 0.355 e. The summed E-state index contributed by atoms with van der Waals surface area (Å²) < 4.78 is 1.06. The normalized spacial score (nSPS) is 14.1. The second kappa shape index (κ2) is 8.42. The molecule has 0 heterocycles. The molecule has 0 radical (unpaired) electrons. The van der Waals surface area contributed by atoms with Gasteiger partial charge in [0.15, 0.2) is 0 Å². The number of carbonyl (C=O) groups excluding carboxylic acids is 1. The Bertz CT molecular complexity index is 434. The van der Waals surface area contributed by atoms with Crippen LogP contribution in [-0.4, -0.2) is 18.5 Å². The van der Waals surface area contributed by atoms with E-state index in [1.165, 1.54) is 0 Å². The summed E-state index contributed by atoms with van der Waals surface area (Å²) in [5, 5.41) is 6.30. The lowest BCUT2D eigenvalue weighted by Gasteiger charge is -2.21. The van der Waals surface area contributed by atoms with Crippen LogP contribution in [0.3, 0.4) is 0 Å². The predicted molar refractivity (Wildman–Crippen MR) is 87.6 cm³/mol. The van der Waals surface area contributed by atoms with E-state index in [0.717, 1.165) is 23.0 Å². The van der Waals surface area contributed by atoms with Crippen molar-refractivity contribution in [2.45, 2.75) is 46.2 Å². The van der Waals surface area contributed by atoms with Crippen LogP contribution in [0.1, 0.15) is 45.7 Å². The molecule has 112 valence electrons. The Balaban J connectivity index is 2.47. The molecule has 20 heavy (non-hydrogen) atoms. The SMILES string of the molecule is CC(C)CCNC(=O)C(C)N[C@H](C)c1ccccc1Br. The van der Waals surface area contributed by atoms with Crippen LogP contribution in [0.15, 0.2) is 28.7 Å². The molecule has 0 spiro atoms. The van der Waals surface area contributed by atoms with Crippen molar-refractivity contribution >= 4 is 21.8 Å². The fourth-order valence-corrected chi connectivity index (χ4v) is 2.63. The van der Waals surface area contributed by atoms with Crippen molar-refractivity contribution < 1.29 is 4.79 Å². The van der Waals surface area contributed by atoms with Gasteiger partial charge in [0.05, 0.1) is 6.04 Å². The molecule has 0 aliphatic rings. The molecule has 1 rings (SSSR count). The minimum Gasteiger partial charge on any atom is -0.355 e. The summed E-state index contributed by atoms with van der Waals surface area (Å²) in [6.45, 7) is 9.02. The summed E-state index contributed by atoms with van der Waals surface area (Å²) in [4.78, 5) is 12.0. The molecular weight excluding hydrogens is 316 g/mol. The first kappa shape index (κ1) is 17.2. The Labute approximate surface area is 130 Å². The van der Waals surface area contributed by atoms with E-state index in [1.54, 1.807) is 0 Å². The minimum absolute atomic E-state index is 0.0598. The lowest BCUT2D eigenvalue weighted by molar-refractivity contribution is -0.122. The smallest absolute Gasteiger partial charge is 0.236 e. The molecule has 1 aromatic carbocycles. The summed E-state index contributed by atoms with van der Waals surface area (Å²) in [6, 6.07) is 7.99. The second-order valence-electron chi connectivity index (χ2n) is 5.61. The number of rotatable bonds is 7. The van der Waals surface area contributed by atoms with Crippen LogP contribution in [-0.2, 0) is 4.79 Å². The standard InChI is InChI=1S/C16H25BrN2O/c1-11(2)9-10-18-16(20)13(4)19-12(3)14-7-5-6-8-15(14)17/h5-8,11-13,19H,9-10H2,1-4H3,(H,18,20)/t12-,13?/m1/s1. The number of hydrogen-bond donors (Lipinski definition) is 2. The molecule has 0 saturated heterocycles. The number of carbonyl (C=O) groups is 1. The lowest BCUT2D eigenvalue weighted by atomic mass is 10.1. The molecule has 1 unspecified atom stereocenters. The molecule has 3 nitrogen and oxygen atoms in total. The van der Waals surface area contributed by atoms with Crippen molar-refractivity contribution in [1.82, 2.24) is 10.6 Å². The van der Waals surface area contributed by atoms with Crippen LogP contribution in [0.4, 0.5) is 0 Å². The van der Waals surface area contributed by atoms with Crippen molar-refractivity contribution in [2.75, 3.05) is 6.54 Å². The Kier molecular flexibility index (Phi) is 7.24. The molecule has 0 aromatic heterocycles. The van der Waals surface area contributed by atoms with Crippen LogP contribution in [0, 0.1) is 5.92 Å². The number of amides is 1. The first-order chi connectivity index (χ1) is 9.41. The van der Waals surface area contributed by atoms with Gasteiger partial charge in [0, 0.05) is 17.1 Å². The average Bonchev–Trinajstić information content (AvgIpc) is 2.38. The van der Waals surface area contributed by atoms with Crippen molar-refractivity contribution in [3.8, 4) is 0 Å². The average molecular weight is 341 g/mol. The maximum Gasteiger partial charge on any atom is 0.236 e. The van der Waals surface area contributed by atoms with E-state index >= 15 is 0 Å². The maximum atomic E-state index is 12.0. The van der Waals surface area contributed by atoms with Crippen LogP contribution >= 0.6 is 15.9 Å². The quantitative estimate of drug-likeness (QED) is 0.795. The Morgan fingerprint density at radius 2 is 1.85 bits per heavy atom. The van der Waals surface area contributed by atoms with Crippen LogP contribution in [0.2, 0.25) is 0 Å². The highest BCUT2D eigenvalue weighted by molar-refractivity contribution is 9.10.